The Morgan fingerprint density at radius 3 is 2.25 bits per heavy atom. The molecule has 6 nitrogen and oxygen atoms in total. The fraction of sp³-hybridized carbons (Fsp3) is 0.103. The number of aliphatic hydroxyl groups is 1. The molecule has 2 heterocycles. The number of benzene rings is 3. The van der Waals surface area contributed by atoms with Crippen molar-refractivity contribution in [2.45, 2.75) is 12.5 Å². The van der Waals surface area contributed by atoms with Gasteiger partial charge in [-0.3, -0.25) is 0 Å². The lowest BCUT2D eigenvalue weighted by Crippen LogP contribution is -2.31. The van der Waals surface area contributed by atoms with Gasteiger partial charge in [0.25, 0.3) is 0 Å². The summed E-state index contributed by atoms with van der Waals surface area (Å²) in [4.78, 5) is 8.95. The summed E-state index contributed by atoms with van der Waals surface area (Å²) >= 11 is 6.14. The zero-order chi connectivity index (χ0) is 25.4. The predicted molar refractivity (Wildman–Crippen MR) is 138 cm³/mol. The number of hydrogen-bond acceptors (Lipinski definition) is 5. The topological polar surface area (TPSA) is 98.5 Å². The van der Waals surface area contributed by atoms with E-state index in [1.807, 2.05) is 48.9 Å². The van der Waals surface area contributed by atoms with Crippen LogP contribution in [0.3, 0.4) is 0 Å². The summed E-state index contributed by atoms with van der Waals surface area (Å²) in [5, 5.41) is 33.5. The van der Waals surface area contributed by atoms with Crippen LogP contribution in [0.15, 0.2) is 79.0 Å². The molecule has 0 aliphatic heterocycles. The van der Waals surface area contributed by atoms with E-state index in [1.54, 1.807) is 48.7 Å². The molecule has 0 amide bonds. The van der Waals surface area contributed by atoms with Crippen molar-refractivity contribution in [3.8, 4) is 23.3 Å². The van der Waals surface area contributed by atoms with Crippen molar-refractivity contribution in [1.82, 2.24) is 14.5 Å². The number of pyridine rings is 1. The molecule has 5 rings (SSSR count). The molecular formula is C29H20ClN5O. The van der Waals surface area contributed by atoms with Crippen molar-refractivity contribution >= 4 is 22.5 Å². The first-order valence-electron chi connectivity index (χ1n) is 11.2. The minimum atomic E-state index is -1.59. The van der Waals surface area contributed by atoms with E-state index in [0.29, 0.717) is 43.9 Å². The third-order valence-corrected chi connectivity index (χ3v) is 6.79. The number of aryl methyl sites for hydroxylation is 1. The van der Waals surface area contributed by atoms with Crippen LogP contribution < -0.4 is 0 Å². The molecule has 1 atom stereocenters. The number of nitrogens with zero attached hydrogens (tertiary/aromatic N) is 5. The molecule has 7 heteroatoms. The molecule has 0 aliphatic carbocycles. The van der Waals surface area contributed by atoms with E-state index in [4.69, 9.17) is 11.6 Å². The van der Waals surface area contributed by atoms with Gasteiger partial charge in [0.1, 0.15) is 23.7 Å². The van der Waals surface area contributed by atoms with Crippen molar-refractivity contribution in [1.29, 1.82) is 10.5 Å². The molecule has 0 fully saturated rings. The van der Waals surface area contributed by atoms with E-state index < -0.39 is 5.60 Å². The summed E-state index contributed by atoms with van der Waals surface area (Å²) in [5.41, 5.74) is 2.27. The number of imidazole rings is 1. The van der Waals surface area contributed by atoms with E-state index in [2.05, 4.69) is 22.1 Å². The third kappa shape index (κ3) is 3.61. The largest absolute Gasteiger partial charge is 0.374 e. The Balaban J connectivity index is 1.84. The first kappa shape index (κ1) is 23.3. The van der Waals surface area contributed by atoms with Gasteiger partial charge < -0.3 is 9.67 Å². The Morgan fingerprint density at radius 2 is 1.64 bits per heavy atom. The Bertz CT molecular complexity index is 1700. The van der Waals surface area contributed by atoms with Crippen molar-refractivity contribution in [2.75, 3.05) is 0 Å². The van der Waals surface area contributed by atoms with Gasteiger partial charge in [-0.05, 0) is 47.9 Å². The van der Waals surface area contributed by atoms with Crippen molar-refractivity contribution in [3.63, 3.8) is 0 Å². The fourth-order valence-electron chi connectivity index (χ4n) is 4.56. The SMILES string of the molecule is Cc1ncc(C(O)(c2ccc(Cl)cc2)c2ccc3nc(C#N)c(-c4ccccc4)c(C#N)c3c2)n1C. The molecule has 36 heavy (non-hydrogen) atoms. The highest BCUT2D eigenvalue weighted by Gasteiger charge is 2.37. The maximum absolute atomic E-state index is 12.4. The molecule has 1 unspecified atom stereocenters. The van der Waals surface area contributed by atoms with Crippen LogP contribution in [-0.2, 0) is 12.6 Å². The smallest absolute Gasteiger partial charge is 0.156 e. The van der Waals surface area contributed by atoms with Crippen LogP contribution >= 0.6 is 11.6 Å². The molecule has 174 valence electrons. The second kappa shape index (κ2) is 8.94. The van der Waals surface area contributed by atoms with Gasteiger partial charge in [-0.25, -0.2) is 9.97 Å². The summed E-state index contributed by atoms with van der Waals surface area (Å²) in [6.45, 7) is 1.86. The molecule has 0 spiro atoms. The molecule has 5 aromatic rings. The molecule has 0 saturated carbocycles. The number of nitriles is 2. The second-order valence-electron chi connectivity index (χ2n) is 8.50. The average molecular weight is 490 g/mol. The minimum Gasteiger partial charge on any atom is -0.374 e. The van der Waals surface area contributed by atoms with Crippen LogP contribution in [0.1, 0.15) is 33.9 Å². The van der Waals surface area contributed by atoms with Gasteiger partial charge in [-0.1, -0.05) is 60.1 Å². The maximum Gasteiger partial charge on any atom is 0.156 e. The number of rotatable bonds is 4. The van der Waals surface area contributed by atoms with Gasteiger partial charge in [-0.2, -0.15) is 10.5 Å². The number of hydrogen-bond donors (Lipinski definition) is 1. The first-order valence-corrected chi connectivity index (χ1v) is 11.6. The van der Waals surface area contributed by atoms with Gasteiger partial charge in [-0.15, -0.1) is 0 Å². The molecular weight excluding hydrogens is 470 g/mol. The van der Waals surface area contributed by atoms with E-state index >= 15 is 0 Å². The molecule has 0 aliphatic rings. The van der Waals surface area contributed by atoms with E-state index in [-0.39, 0.29) is 5.69 Å². The van der Waals surface area contributed by atoms with Crippen LogP contribution in [0.5, 0.6) is 0 Å². The molecule has 2 aromatic heterocycles. The highest BCUT2D eigenvalue weighted by atomic mass is 35.5. The highest BCUT2D eigenvalue weighted by Crippen LogP contribution is 2.40. The summed E-state index contributed by atoms with van der Waals surface area (Å²) in [6, 6.07) is 25.9. The Hall–Kier alpha value is -4.49. The van der Waals surface area contributed by atoms with Crippen LogP contribution in [-0.4, -0.2) is 19.6 Å². The normalized spacial score (nSPS) is 12.6. The zero-order valence-electron chi connectivity index (χ0n) is 19.6. The summed E-state index contributed by atoms with van der Waals surface area (Å²) < 4.78 is 1.83. The van der Waals surface area contributed by atoms with Crippen LogP contribution in [0.4, 0.5) is 0 Å². The zero-order valence-corrected chi connectivity index (χ0v) is 20.3. The monoisotopic (exact) mass is 489 g/mol. The van der Waals surface area contributed by atoms with E-state index in [1.165, 1.54) is 0 Å². The van der Waals surface area contributed by atoms with Crippen LogP contribution in [0.25, 0.3) is 22.0 Å². The van der Waals surface area contributed by atoms with E-state index in [0.717, 1.165) is 11.4 Å². The lowest BCUT2D eigenvalue weighted by atomic mass is 9.82. The van der Waals surface area contributed by atoms with Gasteiger partial charge in [0.15, 0.2) is 5.60 Å². The second-order valence-corrected chi connectivity index (χ2v) is 8.94. The van der Waals surface area contributed by atoms with Crippen molar-refractivity contribution in [3.05, 3.63) is 118 Å². The Kier molecular flexibility index (Phi) is 5.78. The first-order chi connectivity index (χ1) is 17.4. The third-order valence-electron chi connectivity index (χ3n) is 6.54. The summed E-state index contributed by atoms with van der Waals surface area (Å²) in [5.74, 6) is 0.739. The average Bonchev–Trinajstić information content (AvgIpc) is 3.25. The standard InChI is InChI=1S/C29H20ClN5O/c1-18-33-17-27(35(18)2)29(36,20-8-11-22(30)12-9-20)21-10-13-25-23(14-21)24(15-31)28(26(16-32)34-25)19-6-4-3-5-7-19/h3-14,17,36H,1-2H3. The minimum absolute atomic E-state index is 0.174. The van der Waals surface area contributed by atoms with Crippen LogP contribution in [0, 0.1) is 29.6 Å². The van der Waals surface area contributed by atoms with Gasteiger partial charge in [0, 0.05) is 23.0 Å². The lowest BCUT2D eigenvalue weighted by molar-refractivity contribution is 0.117. The Morgan fingerprint density at radius 1 is 0.944 bits per heavy atom. The van der Waals surface area contributed by atoms with E-state index in [9.17, 15) is 15.6 Å². The maximum atomic E-state index is 12.4. The predicted octanol–water partition coefficient (Wildman–Crippen LogP) is 5.62. The number of fused-ring (bicyclic) bond motifs is 1. The van der Waals surface area contributed by atoms with Gasteiger partial charge in [0.2, 0.25) is 0 Å². The quantitative estimate of drug-likeness (QED) is 0.353. The van der Waals surface area contributed by atoms with Gasteiger partial charge in [0.05, 0.1) is 23.0 Å². The molecule has 3 aromatic carbocycles. The lowest BCUT2D eigenvalue weighted by Gasteiger charge is -2.30. The molecule has 0 radical (unpaired) electrons. The fourth-order valence-corrected chi connectivity index (χ4v) is 4.69. The number of halogens is 1. The van der Waals surface area contributed by atoms with Crippen molar-refractivity contribution in [2.24, 2.45) is 7.05 Å². The molecule has 1 N–H and O–H groups in total. The van der Waals surface area contributed by atoms with Gasteiger partial charge >= 0.3 is 0 Å². The molecule has 0 bridgehead atoms. The number of aromatic nitrogens is 3. The summed E-state index contributed by atoms with van der Waals surface area (Å²) in [6.07, 6.45) is 1.64. The summed E-state index contributed by atoms with van der Waals surface area (Å²) in [7, 11) is 1.84. The van der Waals surface area contributed by atoms with Crippen LogP contribution in [0.2, 0.25) is 5.02 Å². The highest BCUT2D eigenvalue weighted by molar-refractivity contribution is 6.30. The van der Waals surface area contributed by atoms with Crippen molar-refractivity contribution < 1.29 is 5.11 Å². The molecule has 0 saturated heterocycles. The Labute approximate surface area is 213 Å².